The van der Waals surface area contributed by atoms with Crippen molar-refractivity contribution >= 4 is 21.7 Å². The number of carbonyl (C=O) groups excluding carboxylic acids is 1. The molecule has 0 radical (unpaired) electrons. The van der Waals surface area contributed by atoms with Gasteiger partial charge in [0.05, 0.1) is 5.75 Å². The number of hydrogen-bond acceptors (Lipinski definition) is 6. The summed E-state index contributed by atoms with van der Waals surface area (Å²) in [6.45, 7) is 1.59. The van der Waals surface area contributed by atoms with E-state index in [-0.39, 0.29) is 29.8 Å². The van der Waals surface area contributed by atoms with Crippen molar-refractivity contribution in [1.82, 2.24) is 20.5 Å². The minimum atomic E-state index is -3.08. The van der Waals surface area contributed by atoms with Gasteiger partial charge in [-0.1, -0.05) is 6.92 Å². The predicted molar refractivity (Wildman–Crippen MR) is 57.5 cm³/mol. The number of carbonyl (C=O) groups is 1. The third-order valence-electron chi connectivity index (χ3n) is 1.86. The Morgan fingerprint density at radius 1 is 1.56 bits per heavy atom. The number of nitrogens with two attached hydrogens (primary N) is 1. The first kappa shape index (κ1) is 12.4. The number of hydrogen-bond donors (Lipinski definition) is 3. The van der Waals surface area contributed by atoms with E-state index in [2.05, 4.69) is 20.5 Å². The maximum atomic E-state index is 11.3. The van der Waals surface area contributed by atoms with Crippen molar-refractivity contribution in [2.24, 2.45) is 0 Å². The Balaban J connectivity index is 2.43. The molecule has 1 aromatic heterocycles. The minimum Gasteiger partial charge on any atom is -0.366 e. The van der Waals surface area contributed by atoms with Crippen molar-refractivity contribution in [3.63, 3.8) is 0 Å². The largest absolute Gasteiger partial charge is 0.366 e. The normalized spacial score (nSPS) is 11.3. The fraction of sp³-hybridized carbons (Fsp3) is 0.571. The molecule has 1 rings (SSSR count). The van der Waals surface area contributed by atoms with E-state index in [1.165, 1.54) is 0 Å². The van der Waals surface area contributed by atoms with Crippen LogP contribution in [0.4, 0.5) is 5.95 Å². The summed E-state index contributed by atoms with van der Waals surface area (Å²) in [7, 11) is -3.08. The van der Waals surface area contributed by atoms with Crippen LogP contribution >= 0.6 is 0 Å². The molecule has 0 unspecified atom stereocenters. The van der Waals surface area contributed by atoms with Gasteiger partial charge in [-0.25, -0.2) is 8.42 Å². The molecule has 0 atom stereocenters. The quantitative estimate of drug-likeness (QED) is 0.583. The lowest BCUT2D eigenvalue weighted by molar-refractivity contribution is 0.0946. The van der Waals surface area contributed by atoms with Crippen LogP contribution in [0.5, 0.6) is 0 Å². The van der Waals surface area contributed by atoms with Crippen molar-refractivity contribution in [2.45, 2.75) is 6.92 Å². The standard InChI is InChI=1S/C7H13N5O3S/c1-2-16(14,15)4-3-9-6(13)5-10-7(8)12-11-5/h2-4H2,1H3,(H,9,13)(H3,8,10,11,12). The van der Waals surface area contributed by atoms with Gasteiger partial charge in [0, 0.05) is 12.3 Å². The van der Waals surface area contributed by atoms with Crippen LogP contribution in [-0.2, 0) is 9.84 Å². The number of anilines is 1. The lowest BCUT2D eigenvalue weighted by Gasteiger charge is -2.02. The molecule has 1 heterocycles. The van der Waals surface area contributed by atoms with E-state index in [1.807, 2.05) is 0 Å². The van der Waals surface area contributed by atoms with Gasteiger partial charge in [0.2, 0.25) is 11.8 Å². The number of nitrogens with one attached hydrogen (secondary N) is 2. The number of sulfone groups is 1. The summed E-state index contributed by atoms with van der Waals surface area (Å²) in [4.78, 5) is 14.9. The third kappa shape index (κ3) is 3.50. The first-order chi connectivity index (χ1) is 7.44. The van der Waals surface area contributed by atoms with Gasteiger partial charge >= 0.3 is 0 Å². The molecule has 0 saturated heterocycles. The lowest BCUT2D eigenvalue weighted by atomic mass is 10.5. The van der Waals surface area contributed by atoms with Crippen LogP contribution in [0.2, 0.25) is 0 Å². The van der Waals surface area contributed by atoms with E-state index in [1.54, 1.807) is 6.92 Å². The zero-order chi connectivity index (χ0) is 12.2. The monoisotopic (exact) mass is 247 g/mol. The highest BCUT2D eigenvalue weighted by Crippen LogP contribution is 1.93. The van der Waals surface area contributed by atoms with Crippen LogP contribution in [0, 0.1) is 0 Å². The Kier molecular flexibility index (Phi) is 3.82. The average molecular weight is 247 g/mol. The molecule has 1 amide bonds. The second kappa shape index (κ2) is 4.92. The molecule has 0 aliphatic carbocycles. The topological polar surface area (TPSA) is 131 Å². The number of nitrogen functional groups attached to an aromatic ring is 1. The molecule has 4 N–H and O–H groups in total. The Morgan fingerprint density at radius 2 is 2.25 bits per heavy atom. The van der Waals surface area contributed by atoms with E-state index in [9.17, 15) is 13.2 Å². The Labute approximate surface area is 92.5 Å². The summed E-state index contributed by atoms with van der Waals surface area (Å²) in [5, 5.41) is 8.19. The fourth-order valence-electron chi connectivity index (χ4n) is 0.924. The van der Waals surface area contributed by atoms with Gasteiger partial charge in [0.1, 0.15) is 0 Å². The van der Waals surface area contributed by atoms with Crippen molar-refractivity contribution in [3.8, 4) is 0 Å². The zero-order valence-electron chi connectivity index (χ0n) is 8.73. The number of H-pyrrole nitrogens is 1. The molecule has 0 aliphatic heterocycles. The zero-order valence-corrected chi connectivity index (χ0v) is 9.54. The molecule has 8 nitrogen and oxygen atoms in total. The van der Waals surface area contributed by atoms with E-state index >= 15 is 0 Å². The van der Waals surface area contributed by atoms with Crippen LogP contribution in [0.15, 0.2) is 0 Å². The number of aromatic amines is 1. The molecule has 16 heavy (non-hydrogen) atoms. The van der Waals surface area contributed by atoms with Gasteiger partial charge in [0.25, 0.3) is 5.91 Å². The summed E-state index contributed by atoms with van der Waals surface area (Å²) >= 11 is 0. The maximum absolute atomic E-state index is 11.3. The van der Waals surface area contributed by atoms with Crippen LogP contribution in [0.1, 0.15) is 17.5 Å². The number of nitrogens with zero attached hydrogens (tertiary/aromatic N) is 2. The van der Waals surface area contributed by atoms with Crippen LogP contribution in [-0.4, -0.2) is 47.6 Å². The van der Waals surface area contributed by atoms with Crippen molar-refractivity contribution in [3.05, 3.63) is 5.82 Å². The Morgan fingerprint density at radius 3 is 2.75 bits per heavy atom. The molecule has 90 valence electrons. The van der Waals surface area contributed by atoms with Crippen LogP contribution < -0.4 is 11.1 Å². The predicted octanol–water partition coefficient (Wildman–Crippen LogP) is -1.45. The Bertz CT molecular complexity index is 466. The first-order valence-electron chi connectivity index (χ1n) is 4.61. The lowest BCUT2D eigenvalue weighted by Crippen LogP contribution is -2.30. The molecule has 1 aromatic rings. The molecular weight excluding hydrogens is 234 g/mol. The van der Waals surface area contributed by atoms with Crippen molar-refractivity contribution in [1.29, 1.82) is 0 Å². The van der Waals surface area contributed by atoms with Gasteiger partial charge in [-0.3, -0.25) is 9.89 Å². The Hall–Kier alpha value is -1.64. The van der Waals surface area contributed by atoms with E-state index in [4.69, 9.17) is 5.73 Å². The van der Waals surface area contributed by atoms with Crippen LogP contribution in [0.25, 0.3) is 0 Å². The van der Waals surface area contributed by atoms with E-state index in [0.717, 1.165) is 0 Å². The van der Waals surface area contributed by atoms with Crippen LogP contribution in [0.3, 0.4) is 0 Å². The summed E-state index contributed by atoms with van der Waals surface area (Å²) in [6.07, 6.45) is 0. The number of aromatic nitrogens is 3. The first-order valence-corrected chi connectivity index (χ1v) is 6.43. The molecular formula is C7H13N5O3S. The fourth-order valence-corrected chi connectivity index (χ4v) is 1.63. The molecule has 0 saturated carbocycles. The van der Waals surface area contributed by atoms with Crippen molar-refractivity contribution < 1.29 is 13.2 Å². The summed E-state index contributed by atoms with van der Waals surface area (Å²) < 4.78 is 22.2. The summed E-state index contributed by atoms with van der Waals surface area (Å²) in [5.41, 5.74) is 5.21. The second-order valence-electron chi connectivity index (χ2n) is 3.03. The molecule has 0 aliphatic rings. The number of rotatable bonds is 5. The van der Waals surface area contributed by atoms with Gasteiger partial charge in [-0.15, -0.1) is 5.10 Å². The van der Waals surface area contributed by atoms with Gasteiger partial charge in [0.15, 0.2) is 9.84 Å². The van der Waals surface area contributed by atoms with E-state index in [0.29, 0.717) is 0 Å². The SMILES string of the molecule is CCS(=O)(=O)CCNC(=O)c1nc(N)n[nH]1. The number of amides is 1. The highest BCUT2D eigenvalue weighted by atomic mass is 32.2. The molecule has 0 aromatic carbocycles. The highest BCUT2D eigenvalue weighted by Gasteiger charge is 2.12. The van der Waals surface area contributed by atoms with Gasteiger partial charge < -0.3 is 11.1 Å². The second-order valence-corrected chi connectivity index (χ2v) is 5.51. The average Bonchev–Trinajstić information content (AvgIpc) is 2.64. The third-order valence-corrected chi connectivity index (χ3v) is 3.56. The maximum Gasteiger partial charge on any atom is 0.288 e. The molecule has 0 fully saturated rings. The minimum absolute atomic E-state index is 0.0357. The van der Waals surface area contributed by atoms with Gasteiger partial charge in [-0.2, -0.15) is 4.98 Å². The van der Waals surface area contributed by atoms with Gasteiger partial charge in [-0.05, 0) is 0 Å². The smallest absolute Gasteiger partial charge is 0.288 e. The van der Waals surface area contributed by atoms with Crippen molar-refractivity contribution in [2.75, 3.05) is 23.8 Å². The molecule has 0 bridgehead atoms. The van der Waals surface area contributed by atoms with E-state index < -0.39 is 15.7 Å². The molecule has 0 spiro atoms. The summed E-state index contributed by atoms with van der Waals surface area (Å²) in [6, 6.07) is 0. The summed E-state index contributed by atoms with van der Waals surface area (Å²) in [5.74, 6) is -0.648. The highest BCUT2D eigenvalue weighted by molar-refractivity contribution is 7.91. The molecule has 9 heteroatoms.